The summed E-state index contributed by atoms with van der Waals surface area (Å²) in [7, 11) is 0. The number of nitrogens with zero attached hydrogens (tertiary/aromatic N) is 1. The lowest BCUT2D eigenvalue weighted by Gasteiger charge is -2.34. The molecule has 2 nitrogen and oxygen atoms in total. The van der Waals surface area contributed by atoms with E-state index in [4.69, 9.17) is 5.73 Å². The van der Waals surface area contributed by atoms with Gasteiger partial charge in [-0.05, 0) is 65.1 Å². The molecule has 0 amide bonds. The molecular weight excluding hydrogens is 276 g/mol. The lowest BCUT2D eigenvalue weighted by molar-refractivity contribution is 0.191. The van der Waals surface area contributed by atoms with E-state index in [1.54, 1.807) is 0 Å². The van der Waals surface area contributed by atoms with E-state index < -0.39 is 0 Å². The molecule has 3 unspecified atom stereocenters. The van der Waals surface area contributed by atoms with Crippen LogP contribution in [-0.4, -0.2) is 4.98 Å². The molecule has 94 valence electrons. The fraction of sp³-hybridized carbons (Fsp3) is 0.643. The van der Waals surface area contributed by atoms with Crippen LogP contribution in [0.1, 0.15) is 44.8 Å². The van der Waals surface area contributed by atoms with E-state index in [0.29, 0.717) is 5.92 Å². The van der Waals surface area contributed by atoms with Gasteiger partial charge in [0.05, 0.1) is 11.7 Å². The van der Waals surface area contributed by atoms with Crippen LogP contribution in [0, 0.1) is 17.8 Å². The van der Waals surface area contributed by atoms with Crippen molar-refractivity contribution in [2.24, 2.45) is 23.5 Å². The summed E-state index contributed by atoms with van der Waals surface area (Å²) in [5, 5.41) is 0. The van der Waals surface area contributed by atoms with Gasteiger partial charge in [0.2, 0.25) is 0 Å². The third kappa shape index (κ3) is 3.08. The fourth-order valence-corrected chi connectivity index (χ4v) is 3.69. The summed E-state index contributed by atoms with van der Waals surface area (Å²) in [5.41, 5.74) is 7.42. The highest BCUT2D eigenvalue weighted by Crippen LogP contribution is 2.39. The van der Waals surface area contributed by atoms with Gasteiger partial charge < -0.3 is 5.73 Å². The standard InChI is InChI=1S/C14H21BrN2/c1-9-6-10(2)8-11(7-9)13(16)14-12(15)4-3-5-17-14/h3-5,9-11,13H,6-8,16H2,1-2H3. The third-order valence-corrected chi connectivity index (χ3v) is 4.50. The Morgan fingerprint density at radius 3 is 2.53 bits per heavy atom. The van der Waals surface area contributed by atoms with Gasteiger partial charge in [0.1, 0.15) is 0 Å². The van der Waals surface area contributed by atoms with Crippen LogP contribution in [0.5, 0.6) is 0 Å². The van der Waals surface area contributed by atoms with Gasteiger partial charge in [-0.1, -0.05) is 13.8 Å². The van der Waals surface area contributed by atoms with Gasteiger partial charge in [-0.3, -0.25) is 4.98 Å². The number of halogens is 1. The average Bonchev–Trinajstić information content (AvgIpc) is 2.27. The van der Waals surface area contributed by atoms with E-state index >= 15 is 0 Å². The molecule has 0 saturated heterocycles. The third-order valence-electron chi connectivity index (χ3n) is 3.83. The van der Waals surface area contributed by atoms with Crippen LogP contribution < -0.4 is 5.73 Å². The summed E-state index contributed by atoms with van der Waals surface area (Å²) in [6.07, 6.45) is 5.63. The monoisotopic (exact) mass is 296 g/mol. The second kappa shape index (κ2) is 5.49. The Morgan fingerprint density at radius 1 is 1.29 bits per heavy atom. The zero-order valence-electron chi connectivity index (χ0n) is 10.6. The molecule has 1 aromatic heterocycles. The van der Waals surface area contributed by atoms with E-state index in [1.165, 1.54) is 19.3 Å². The second-order valence-electron chi connectivity index (χ2n) is 5.57. The highest BCUT2D eigenvalue weighted by atomic mass is 79.9. The Morgan fingerprint density at radius 2 is 1.94 bits per heavy atom. The van der Waals surface area contributed by atoms with Crippen molar-refractivity contribution in [2.75, 3.05) is 0 Å². The van der Waals surface area contributed by atoms with Crippen LogP contribution in [-0.2, 0) is 0 Å². The van der Waals surface area contributed by atoms with Gasteiger partial charge in [-0.15, -0.1) is 0 Å². The quantitative estimate of drug-likeness (QED) is 0.898. The summed E-state index contributed by atoms with van der Waals surface area (Å²) in [6, 6.07) is 4.03. The number of hydrogen-bond donors (Lipinski definition) is 1. The molecule has 1 aliphatic carbocycles. The Kier molecular flexibility index (Phi) is 4.21. The maximum Gasteiger partial charge on any atom is 0.0715 e. The summed E-state index contributed by atoms with van der Waals surface area (Å²) in [6.45, 7) is 4.67. The molecule has 3 atom stereocenters. The minimum Gasteiger partial charge on any atom is -0.322 e. The van der Waals surface area contributed by atoms with Gasteiger partial charge in [-0.2, -0.15) is 0 Å². The summed E-state index contributed by atoms with van der Waals surface area (Å²) in [5.74, 6) is 2.15. The number of rotatable bonds is 2. The number of pyridine rings is 1. The van der Waals surface area contributed by atoms with Crippen LogP contribution in [0.25, 0.3) is 0 Å². The molecular formula is C14H21BrN2. The van der Waals surface area contributed by atoms with Crippen molar-refractivity contribution in [3.05, 3.63) is 28.5 Å². The lowest BCUT2D eigenvalue weighted by atomic mass is 9.73. The number of nitrogens with two attached hydrogens (primary N) is 1. The van der Waals surface area contributed by atoms with E-state index in [9.17, 15) is 0 Å². The van der Waals surface area contributed by atoms with Gasteiger partial charge in [0.15, 0.2) is 0 Å². The van der Waals surface area contributed by atoms with Crippen molar-refractivity contribution in [3.8, 4) is 0 Å². The van der Waals surface area contributed by atoms with Crippen LogP contribution in [0.4, 0.5) is 0 Å². The zero-order chi connectivity index (χ0) is 12.4. The maximum absolute atomic E-state index is 6.40. The molecule has 17 heavy (non-hydrogen) atoms. The molecule has 0 aliphatic heterocycles. The SMILES string of the molecule is CC1CC(C)CC(C(N)c2ncccc2Br)C1. The second-order valence-corrected chi connectivity index (χ2v) is 6.43. The number of aromatic nitrogens is 1. The number of hydrogen-bond acceptors (Lipinski definition) is 2. The molecule has 0 spiro atoms. The molecule has 2 N–H and O–H groups in total. The molecule has 0 radical (unpaired) electrons. The minimum absolute atomic E-state index is 0.0655. The molecule has 1 aliphatic rings. The molecule has 0 bridgehead atoms. The van der Waals surface area contributed by atoms with Crippen LogP contribution in [0.2, 0.25) is 0 Å². The first kappa shape index (κ1) is 13.0. The van der Waals surface area contributed by atoms with Crippen molar-refractivity contribution < 1.29 is 0 Å². The summed E-state index contributed by atoms with van der Waals surface area (Å²) in [4.78, 5) is 4.43. The van der Waals surface area contributed by atoms with Crippen LogP contribution in [0.3, 0.4) is 0 Å². The predicted octanol–water partition coefficient (Wildman–Crippen LogP) is 3.92. The van der Waals surface area contributed by atoms with Gasteiger partial charge >= 0.3 is 0 Å². The first-order valence-corrected chi connectivity index (χ1v) is 7.23. The maximum atomic E-state index is 6.40. The largest absolute Gasteiger partial charge is 0.322 e. The van der Waals surface area contributed by atoms with Crippen LogP contribution in [0.15, 0.2) is 22.8 Å². The lowest BCUT2D eigenvalue weighted by Crippen LogP contribution is -2.30. The Labute approximate surface area is 112 Å². The molecule has 1 heterocycles. The normalized spacial score (nSPS) is 31.2. The minimum atomic E-state index is 0.0655. The van der Waals surface area contributed by atoms with E-state index in [1.807, 2.05) is 18.3 Å². The summed E-state index contributed by atoms with van der Waals surface area (Å²) < 4.78 is 1.04. The zero-order valence-corrected chi connectivity index (χ0v) is 12.2. The van der Waals surface area contributed by atoms with Gasteiger partial charge in [-0.25, -0.2) is 0 Å². The molecule has 0 aromatic carbocycles. The van der Waals surface area contributed by atoms with Crippen molar-refractivity contribution in [1.82, 2.24) is 4.98 Å². The van der Waals surface area contributed by atoms with E-state index in [-0.39, 0.29) is 6.04 Å². The van der Waals surface area contributed by atoms with Gasteiger partial charge in [0, 0.05) is 10.7 Å². The van der Waals surface area contributed by atoms with Crippen LogP contribution >= 0.6 is 15.9 Å². The topological polar surface area (TPSA) is 38.9 Å². The predicted molar refractivity (Wildman–Crippen MR) is 74.5 cm³/mol. The Bertz CT molecular complexity index is 370. The molecule has 2 rings (SSSR count). The molecule has 1 saturated carbocycles. The van der Waals surface area contributed by atoms with Crippen molar-refractivity contribution in [2.45, 2.75) is 39.2 Å². The van der Waals surface area contributed by atoms with E-state index in [2.05, 4.69) is 34.8 Å². The van der Waals surface area contributed by atoms with E-state index in [0.717, 1.165) is 22.0 Å². The highest BCUT2D eigenvalue weighted by Gasteiger charge is 2.30. The first-order valence-electron chi connectivity index (χ1n) is 6.44. The fourth-order valence-electron chi connectivity index (χ4n) is 3.17. The average molecular weight is 297 g/mol. The Balaban J connectivity index is 2.14. The first-order chi connectivity index (χ1) is 8.08. The van der Waals surface area contributed by atoms with Crippen molar-refractivity contribution in [1.29, 1.82) is 0 Å². The molecule has 3 heteroatoms. The molecule has 1 fully saturated rings. The Hall–Kier alpha value is -0.410. The van der Waals surface area contributed by atoms with Gasteiger partial charge in [0.25, 0.3) is 0 Å². The van der Waals surface area contributed by atoms with Crippen molar-refractivity contribution in [3.63, 3.8) is 0 Å². The smallest absolute Gasteiger partial charge is 0.0715 e. The summed E-state index contributed by atoms with van der Waals surface area (Å²) >= 11 is 3.55. The van der Waals surface area contributed by atoms with Crippen molar-refractivity contribution >= 4 is 15.9 Å². The highest BCUT2D eigenvalue weighted by molar-refractivity contribution is 9.10. The molecule has 1 aromatic rings.